The summed E-state index contributed by atoms with van der Waals surface area (Å²) in [5, 5.41) is 0. The van der Waals surface area contributed by atoms with Crippen LogP contribution in [-0.4, -0.2) is 5.78 Å². The highest BCUT2D eigenvalue weighted by Gasteiger charge is 2.12. The number of Topliss-reactive ketones (excluding diaryl/α,β-unsaturated/α-hetero) is 1. The highest BCUT2D eigenvalue weighted by molar-refractivity contribution is 5.95. The van der Waals surface area contributed by atoms with Crippen LogP contribution >= 0.6 is 0 Å². The predicted octanol–water partition coefficient (Wildman–Crippen LogP) is 4.13. The minimum absolute atomic E-state index is 0.365. The molecule has 13 heavy (non-hydrogen) atoms. The zero-order valence-corrected chi connectivity index (χ0v) is 9.81. The van der Waals surface area contributed by atoms with E-state index in [2.05, 4.69) is 0 Å². The molecule has 0 heterocycles. The lowest BCUT2D eigenvalue weighted by atomic mass is 9.94. The summed E-state index contributed by atoms with van der Waals surface area (Å²) in [6.07, 6.45) is 6.03. The summed E-state index contributed by atoms with van der Waals surface area (Å²) in [7, 11) is 0. The molecule has 0 aliphatic heterocycles. The summed E-state index contributed by atoms with van der Waals surface area (Å²) in [6.45, 7) is 9.94. The van der Waals surface area contributed by atoms with Crippen molar-refractivity contribution in [2.45, 2.75) is 60.3 Å². The Bertz CT molecular complexity index is 145. The molecule has 0 aromatic carbocycles. The van der Waals surface area contributed by atoms with Crippen molar-refractivity contribution in [3.8, 4) is 0 Å². The van der Waals surface area contributed by atoms with Gasteiger partial charge in [0.1, 0.15) is 0 Å². The Labute approximate surface area is 83.2 Å². The maximum absolute atomic E-state index is 11.0. The van der Waals surface area contributed by atoms with Gasteiger partial charge in [-0.25, -0.2) is 0 Å². The van der Waals surface area contributed by atoms with E-state index >= 15 is 0 Å². The van der Waals surface area contributed by atoms with E-state index in [0.29, 0.717) is 5.78 Å². The van der Waals surface area contributed by atoms with Gasteiger partial charge in [0.05, 0.1) is 0 Å². The van der Waals surface area contributed by atoms with E-state index in [9.17, 15) is 4.79 Å². The number of carbonyl (C=O) groups is 1. The summed E-state index contributed by atoms with van der Waals surface area (Å²) >= 11 is 0. The van der Waals surface area contributed by atoms with Gasteiger partial charge in [0.2, 0.25) is 0 Å². The second-order valence-corrected chi connectivity index (χ2v) is 2.44. The van der Waals surface area contributed by atoms with Gasteiger partial charge in [-0.15, -0.1) is 0 Å². The molecule has 78 valence electrons. The summed E-state index contributed by atoms with van der Waals surface area (Å²) in [5.41, 5.74) is 1.04. The van der Waals surface area contributed by atoms with Crippen molar-refractivity contribution in [1.29, 1.82) is 0 Å². The van der Waals surface area contributed by atoms with Gasteiger partial charge in [0.15, 0.2) is 5.78 Å². The molecule has 1 nitrogen and oxygen atoms in total. The SMILES string of the molecule is C/C=C1\CCCCC1=O.CC.CC. The van der Waals surface area contributed by atoms with Crippen LogP contribution in [0.3, 0.4) is 0 Å². The van der Waals surface area contributed by atoms with Gasteiger partial charge < -0.3 is 0 Å². The molecule has 0 spiro atoms. The van der Waals surface area contributed by atoms with Crippen LogP contribution in [0.5, 0.6) is 0 Å². The normalized spacial score (nSPS) is 18.2. The molecule has 0 aromatic heterocycles. The molecule has 1 rings (SSSR count). The molecule has 0 amide bonds. The summed E-state index contributed by atoms with van der Waals surface area (Å²) < 4.78 is 0. The summed E-state index contributed by atoms with van der Waals surface area (Å²) in [4.78, 5) is 11.0. The second-order valence-electron chi connectivity index (χ2n) is 2.44. The van der Waals surface area contributed by atoms with Crippen molar-refractivity contribution >= 4 is 5.78 Å². The van der Waals surface area contributed by atoms with Gasteiger partial charge in [0, 0.05) is 6.42 Å². The highest BCUT2D eigenvalue weighted by atomic mass is 16.1. The van der Waals surface area contributed by atoms with Crippen LogP contribution < -0.4 is 0 Å². The number of hydrogen-bond acceptors (Lipinski definition) is 1. The summed E-state index contributed by atoms with van der Waals surface area (Å²) in [5.74, 6) is 0.365. The Morgan fingerprint density at radius 1 is 1.00 bits per heavy atom. The molecule has 0 saturated heterocycles. The topological polar surface area (TPSA) is 17.1 Å². The van der Waals surface area contributed by atoms with Gasteiger partial charge in [-0.2, -0.15) is 0 Å². The smallest absolute Gasteiger partial charge is 0.158 e. The monoisotopic (exact) mass is 184 g/mol. The van der Waals surface area contributed by atoms with E-state index < -0.39 is 0 Å². The van der Waals surface area contributed by atoms with E-state index in [0.717, 1.165) is 24.8 Å². The van der Waals surface area contributed by atoms with E-state index in [1.54, 1.807) is 0 Å². The molecular formula is C12H24O. The zero-order valence-electron chi connectivity index (χ0n) is 9.81. The maximum atomic E-state index is 11.0. The van der Waals surface area contributed by atoms with Crippen molar-refractivity contribution in [2.75, 3.05) is 0 Å². The standard InChI is InChI=1S/C8H12O.2C2H6/c1-2-7-5-3-4-6-8(7)9;2*1-2/h2H,3-6H2,1H3;2*1-2H3/b7-2+;;. The van der Waals surface area contributed by atoms with E-state index in [1.807, 2.05) is 40.7 Å². The van der Waals surface area contributed by atoms with Crippen molar-refractivity contribution in [2.24, 2.45) is 0 Å². The number of hydrogen-bond donors (Lipinski definition) is 0. The first-order valence-electron chi connectivity index (χ1n) is 5.53. The average molecular weight is 184 g/mol. The fourth-order valence-electron chi connectivity index (χ4n) is 1.21. The molecule has 0 bridgehead atoms. The third kappa shape index (κ3) is 6.56. The average Bonchev–Trinajstić information content (AvgIpc) is 2.24. The number of ketones is 1. The Kier molecular flexibility index (Phi) is 13.1. The molecule has 0 radical (unpaired) electrons. The molecule has 1 fully saturated rings. The Hall–Kier alpha value is -0.590. The van der Waals surface area contributed by atoms with Crippen molar-refractivity contribution < 1.29 is 4.79 Å². The molecule has 0 unspecified atom stereocenters. The summed E-state index contributed by atoms with van der Waals surface area (Å²) in [6, 6.07) is 0. The zero-order chi connectivity index (χ0) is 10.7. The lowest BCUT2D eigenvalue weighted by Gasteiger charge is -2.10. The molecule has 0 aromatic rings. The lowest BCUT2D eigenvalue weighted by molar-refractivity contribution is -0.116. The largest absolute Gasteiger partial charge is 0.295 e. The molecule has 1 saturated carbocycles. The minimum atomic E-state index is 0.365. The van der Waals surface area contributed by atoms with Crippen molar-refractivity contribution in [3.05, 3.63) is 11.6 Å². The van der Waals surface area contributed by atoms with E-state index in [4.69, 9.17) is 0 Å². The maximum Gasteiger partial charge on any atom is 0.158 e. The number of allylic oxidation sites excluding steroid dienone is 2. The van der Waals surface area contributed by atoms with Crippen LogP contribution in [0, 0.1) is 0 Å². The van der Waals surface area contributed by atoms with Gasteiger partial charge in [-0.05, 0) is 31.8 Å². The predicted molar refractivity (Wildman–Crippen MR) is 59.9 cm³/mol. The van der Waals surface area contributed by atoms with Gasteiger partial charge >= 0.3 is 0 Å². The van der Waals surface area contributed by atoms with Gasteiger partial charge in [-0.1, -0.05) is 33.8 Å². The van der Waals surface area contributed by atoms with Crippen LogP contribution in [0.15, 0.2) is 11.6 Å². The molecule has 0 atom stereocenters. The first-order chi connectivity index (χ1) is 6.34. The quantitative estimate of drug-likeness (QED) is 0.517. The molecule has 0 N–H and O–H groups in total. The van der Waals surface area contributed by atoms with E-state index in [-0.39, 0.29) is 0 Å². The van der Waals surface area contributed by atoms with Crippen molar-refractivity contribution in [3.63, 3.8) is 0 Å². The second kappa shape index (κ2) is 11.4. The highest BCUT2D eigenvalue weighted by Crippen LogP contribution is 2.18. The fourth-order valence-corrected chi connectivity index (χ4v) is 1.21. The first-order valence-corrected chi connectivity index (χ1v) is 5.53. The van der Waals surface area contributed by atoms with Gasteiger partial charge in [0.25, 0.3) is 0 Å². The fraction of sp³-hybridized carbons (Fsp3) is 0.750. The molecule has 1 aliphatic rings. The van der Waals surface area contributed by atoms with E-state index in [1.165, 1.54) is 6.42 Å². The van der Waals surface area contributed by atoms with Crippen LogP contribution in [-0.2, 0) is 4.79 Å². The Morgan fingerprint density at radius 2 is 1.46 bits per heavy atom. The van der Waals surface area contributed by atoms with Gasteiger partial charge in [-0.3, -0.25) is 4.79 Å². The Balaban J connectivity index is 0. The lowest BCUT2D eigenvalue weighted by Crippen LogP contribution is -2.07. The third-order valence-electron chi connectivity index (χ3n) is 1.81. The molecule has 1 aliphatic carbocycles. The van der Waals surface area contributed by atoms with Crippen LogP contribution in [0.1, 0.15) is 60.3 Å². The Morgan fingerprint density at radius 3 is 1.77 bits per heavy atom. The van der Waals surface area contributed by atoms with Crippen molar-refractivity contribution in [1.82, 2.24) is 0 Å². The van der Waals surface area contributed by atoms with Crippen LogP contribution in [0.2, 0.25) is 0 Å². The molecule has 1 heteroatoms. The van der Waals surface area contributed by atoms with Crippen LogP contribution in [0.4, 0.5) is 0 Å². The minimum Gasteiger partial charge on any atom is -0.295 e. The molecular weight excluding hydrogens is 160 g/mol. The number of carbonyl (C=O) groups excluding carboxylic acids is 1. The number of rotatable bonds is 0. The first kappa shape index (κ1) is 14.9. The van der Waals surface area contributed by atoms with Crippen LogP contribution in [0.25, 0.3) is 0 Å². The third-order valence-corrected chi connectivity index (χ3v) is 1.81.